The highest BCUT2D eigenvalue weighted by Crippen LogP contribution is 2.23. The maximum atomic E-state index is 3.50. The van der Waals surface area contributed by atoms with E-state index in [0.717, 1.165) is 12.1 Å². The van der Waals surface area contributed by atoms with Crippen LogP contribution in [0.4, 0.5) is 0 Å². The number of nitrogens with one attached hydrogen (secondary N) is 1. The number of piperidine rings is 1. The zero-order chi connectivity index (χ0) is 14.0. The lowest BCUT2D eigenvalue weighted by Gasteiger charge is -2.38. The normalized spacial score (nSPS) is 29.6. The Labute approximate surface area is 126 Å². The molecule has 1 heterocycles. The first kappa shape index (κ1) is 16.3. The van der Waals surface area contributed by atoms with E-state index in [1.807, 2.05) is 0 Å². The van der Waals surface area contributed by atoms with Crippen LogP contribution in [0.15, 0.2) is 0 Å². The van der Waals surface area contributed by atoms with Crippen molar-refractivity contribution in [2.24, 2.45) is 0 Å². The first-order chi connectivity index (χ1) is 9.90. The fourth-order valence-corrected chi connectivity index (χ4v) is 4.08. The summed E-state index contributed by atoms with van der Waals surface area (Å²) in [6.45, 7) is 2.64. The number of rotatable bonds is 2. The molecule has 0 radical (unpaired) electrons. The molecule has 2 heteroatoms. The molecule has 118 valence electrons. The van der Waals surface area contributed by atoms with Crippen LogP contribution in [0.1, 0.15) is 83.5 Å². The smallest absolute Gasteiger partial charge is 0.0192 e. The lowest BCUT2D eigenvalue weighted by Crippen LogP contribution is -2.48. The molecule has 2 fully saturated rings. The zero-order valence-corrected chi connectivity index (χ0v) is 13.7. The molecule has 1 saturated carbocycles. The first-order valence-corrected chi connectivity index (χ1v) is 9.31. The van der Waals surface area contributed by atoms with Crippen LogP contribution < -0.4 is 5.32 Å². The second kappa shape index (κ2) is 9.78. The summed E-state index contributed by atoms with van der Waals surface area (Å²) in [4.78, 5) is 2.82. The molecule has 1 aliphatic carbocycles. The second-order valence-electron chi connectivity index (χ2n) is 7.04. The van der Waals surface area contributed by atoms with Crippen molar-refractivity contribution < 1.29 is 0 Å². The molecule has 2 rings (SSSR count). The Morgan fingerprint density at radius 2 is 1.25 bits per heavy atom. The summed E-state index contributed by atoms with van der Waals surface area (Å²) in [5.41, 5.74) is 0. The van der Waals surface area contributed by atoms with Crippen LogP contribution in [0, 0.1) is 0 Å². The van der Waals surface area contributed by atoms with E-state index in [-0.39, 0.29) is 0 Å². The molecule has 1 saturated heterocycles. The third-order valence-corrected chi connectivity index (χ3v) is 5.45. The predicted molar refractivity (Wildman–Crippen MR) is 88.2 cm³/mol. The molecule has 2 nitrogen and oxygen atoms in total. The van der Waals surface area contributed by atoms with E-state index in [9.17, 15) is 0 Å². The van der Waals surface area contributed by atoms with Crippen LogP contribution >= 0.6 is 0 Å². The van der Waals surface area contributed by atoms with Gasteiger partial charge in [-0.3, -0.25) is 4.90 Å². The molecule has 1 unspecified atom stereocenters. The Morgan fingerprint density at radius 3 is 1.80 bits per heavy atom. The molecular weight excluding hydrogens is 244 g/mol. The van der Waals surface area contributed by atoms with Gasteiger partial charge in [-0.15, -0.1) is 0 Å². The largest absolute Gasteiger partial charge is 0.316 e. The van der Waals surface area contributed by atoms with Crippen molar-refractivity contribution in [3.05, 3.63) is 0 Å². The van der Waals surface area contributed by atoms with Crippen LogP contribution in [-0.2, 0) is 0 Å². The topological polar surface area (TPSA) is 15.3 Å². The maximum absolute atomic E-state index is 3.50. The van der Waals surface area contributed by atoms with Gasteiger partial charge in [-0.05, 0) is 39.3 Å². The fraction of sp³-hybridized carbons (Fsp3) is 1.00. The van der Waals surface area contributed by atoms with Gasteiger partial charge in [-0.25, -0.2) is 0 Å². The van der Waals surface area contributed by atoms with Gasteiger partial charge in [0.2, 0.25) is 0 Å². The number of hydrogen-bond donors (Lipinski definition) is 1. The highest BCUT2D eigenvalue weighted by Gasteiger charge is 2.24. The Morgan fingerprint density at radius 1 is 0.700 bits per heavy atom. The summed E-state index contributed by atoms with van der Waals surface area (Å²) >= 11 is 0. The summed E-state index contributed by atoms with van der Waals surface area (Å²) in [5, 5.41) is 3.50. The maximum Gasteiger partial charge on any atom is 0.0192 e. The van der Waals surface area contributed by atoms with Crippen molar-refractivity contribution in [1.82, 2.24) is 10.2 Å². The molecule has 20 heavy (non-hydrogen) atoms. The van der Waals surface area contributed by atoms with Crippen LogP contribution in [0.3, 0.4) is 0 Å². The highest BCUT2D eigenvalue weighted by atomic mass is 15.2. The minimum atomic E-state index is 0.741. The van der Waals surface area contributed by atoms with Gasteiger partial charge >= 0.3 is 0 Å². The van der Waals surface area contributed by atoms with Gasteiger partial charge in [0.05, 0.1) is 0 Å². The Kier molecular flexibility index (Phi) is 7.97. The van der Waals surface area contributed by atoms with Crippen molar-refractivity contribution in [1.29, 1.82) is 0 Å². The monoisotopic (exact) mass is 280 g/mol. The molecule has 0 aromatic rings. The second-order valence-corrected chi connectivity index (χ2v) is 7.04. The summed E-state index contributed by atoms with van der Waals surface area (Å²) in [6, 6.07) is 1.62. The number of nitrogens with zero attached hydrogens (tertiary/aromatic N) is 1. The number of likely N-dealkylation sites (tertiary alicyclic amines) is 1. The van der Waals surface area contributed by atoms with Gasteiger partial charge in [-0.1, -0.05) is 57.8 Å². The van der Waals surface area contributed by atoms with Crippen LogP contribution in [-0.4, -0.2) is 37.1 Å². The molecule has 1 aliphatic heterocycles. The summed E-state index contributed by atoms with van der Waals surface area (Å²) < 4.78 is 0. The van der Waals surface area contributed by atoms with Gasteiger partial charge in [0.1, 0.15) is 0 Å². The van der Waals surface area contributed by atoms with E-state index in [1.54, 1.807) is 0 Å². The molecule has 2 aliphatic rings. The van der Waals surface area contributed by atoms with Crippen molar-refractivity contribution in [3.8, 4) is 0 Å². The Hall–Kier alpha value is -0.0800. The lowest BCUT2D eigenvalue weighted by molar-refractivity contribution is 0.122. The quantitative estimate of drug-likeness (QED) is 0.809. The Bertz CT molecular complexity index is 230. The molecule has 1 N–H and O–H groups in total. The molecular formula is C18H36N2. The summed E-state index contributed by atoms with van der Waals surface area (Å²) in [6.07, 6.45) is 19.0. The van der Waals surface area contributed by atoms with E-state index >= 15 is 0 Å². The number of likely N-dealkylation sites (N-methyl/N-ethyl adjacent to an activating group) is 1. The van der Waals surface area contributed by atoms with Crippen molar-refractivity contribution in [2.75, 3.05) is 20.1 Å². The van der Waals surface area contributed by atoms with Crippen molar-refractivity contribution in [2.45, 2.75) is 95.6 Å². The lowest BCUT2D eigenvalue weighted by atomic mass is 9.94. The van der Waals surface area contributed by atoms with E-state index in [4.69, 9.17) is 0 Å². The molecule has 0 aromatic carbocycles. The highest BCUT2D eigenvalue weighted by molar-refractivity contribution is 4.82. The van der Waals surface area contributed by atoms with E-state index in [0.29, 0.717) is 0 Å². The third kappa shape index (κ3) is 5.73. The van der Waals surface area contributed by atoms with Crippen molar-refractivity contribution >= 4 is 0 Å². The van der Waals surface area contributed by atoms with Crippen LogP contribution in [0.5, 0.6) is 0 Å². The molecule has 0 bridgehead atoms. The Balaban J connectivity index is 1.81. The minimum absolute atomic E-state index is 0.741. The average molecular weight is 280 g/mol. The summed E-state index contributed by atoms with van der Waals surface area (Å²) in [5.74, 6) is 0. The first-order valence-electron chi connectivity index (χ1n) is 9.31. The van der Waals surface area contributed by atoms with Gasteiger partial charge in [0.15, 0.2) is 0 Å². The molecule has 0 spiro atoms. The SMILES string of the molecule is CNC1CCCN(C2CCCCCCCCCCC2)C1. The van der Waals surface area contributed by atoms with Gasteiger partial charge in [0, 0.05) is 18.6 Å². The summed E-state index contributed by atoms with van der Waals surface area (Å²) in [7, 11) is 2.13. The predicted octanol–water partition coefficient (Wildman–Crippen LogP) is 4.34. The van der Waals surface area contributed by atoms with Gasteiger partial charge < -0.3 is 5.32 Å². The van der Waals surface area contributed by atoms with Crippen LogP contribution in [0.25, 0.3) is 0 Å². The van der Waals surface area contributed by atoms with Crippen molar-refractivity contribution in [3.63, 3.8) is 0 Å². The zero-order valence-electron chi connectivity index (χ0n) is 13.7. The fourth-order valence-electron chi connectivity index (χ4n) is 4.08. The van der Waals surface area contributed by atoms with Gasteiger partial charge in [0.25, 0.3) is 0 Å². The van der Waals surface area contributed by atoms with E-state index in [1.165, 1.54) is 96.6 Å². The molecule has 0 amide bonds. The third-order valence-electron chi connectivity index (χ3n) is 5.45. The van der Waals surface area contributed by atoms with Gasteiger partial charge in [-0.2, -0.15) is 0 Å². The molecule has 0 aromatic heterocycles. The van der Waals surface area contributed by atoms with E-state index < -0.39 is 0 Å². The average Bonchev–Trinajstić information content (AvgIpc) is 2.48. The standard InChI is InChI=1S/C18H36N2/c1-19-17-12-11-15-20(16-17)18-13-9-7-5-3-2-4-6-8-10-14-18/h17-19H,2-16H2,1H3. The van der Waals surface area contributed by atoms with E-state index in [2.05, 4.69) is 17.3 Å². The number of hydrogen-bond acceptors (Lipinski definition) is 2. The molecule has 1 atom stereocenters. The van der Waals surface area contributed by atoms with Crippen LogP contribution in [0.2, 0.25) is 0 Å². The minimum Gasteiger partial charge on any atom is -0.316 e.